The van der Waals surface area contributed by atoms with E-state index in [1.807, 2.05) is 0 Å². The van der Waals surface area contributed by atoms with Gasteiger partial charge in [-0.1, -0.05) is 0 Å². The summed E-state index contributed by atoms with van der Waals surface area (Å²) >= 11 is 0. The first-order valence-electron chi connectivity index (χ1n) is 3.55. The maximum Gasteiger partial charge on any atom is 0.323 e. The van der Waals surface area contributed by atoms with Crippen LogP contribution in [0.2, 0.25) is 0 Å². The number of hydrogen-bond acceptors (Lipinski definition) is 1. The fourth-order valence-corrected chi connectivity index (χ4v) is 1.27. The third-order valence-electron chi connectivity index (χ3n) is 1.79. The van der Waals surface area contributed by atoms with Gasteiger partial charge in [-0.15, -0.1) is 0 Å². The largest absolute Gasteiger partial charge is 0.323 e. The number of nitrogens with one attached hydrogen (secondary N) is 2. The van der Waals surface area contributed by atoms with Crippen LogP contribution in [0.4, 0.5) is 4.39 Å². The number of hydrogen-bond donors (Lipinski definition) is 2. The number of aromatic amines is 2. The molecule has 0 radical (unpaired) electrons. The van der Waals surface area contributed by atoms with E-state index in [0.29, 0.717) is 11.0 Å². The summed E-state index contributed by atoms with van der Waals surface area (Å²) in [6.45, 7) is 1.75. The second kappa shape index (κ2) is 2.20. The summed E-state index contributed by atoms with van der Waals surface area (Å²) in [6.07, 6.45) is 0. The van der Waals surface area contributed by atoms with Gasteiger partial charge in [0.15, 0.2) is 0 Å². The Hall–Kier alpha value is -1.58. The van der Waals surface area contributed by atoms with E-state index in [9.17, 15) is 9.18 Å². The van der Waals surface area contributed by atoms with Crippen molar-refractivity contribution in [2.45, 2.75) is 6.92 Å². The van der Waals surface area contributed by atoms with Gasteiger partial charge in [0.25, 0.3) is 0 Å². The third-order valence-corrected chi connectivity index (χ3v) is 1.79. The number of H-pyrrole nitrogens is 2. The molecule has 0 amide bonds. The molecule has 0 fully saturated rings. The number of aryl methyl sites for hydroxylation is 1. The van der Waals surface area contributed by atoms with E-state index in [2.05, 4.69) is 9.97 Å². The van der Waals surface area contributed by atoms with Crippen molar-refractivity contribution in [3.63, 3.8) is 0 Å². The van der Waals surface area contributed by atoms with Crippen LogP contribution in [0.25, 0.3) is 11.0 Å². The van der Waals surface area contributed by atoms with Crippen LogP contribution < -0.4 is 5.69 Å². The molecule has 62 valence electrons. The van der Waals surface area contributed by atoms with Gasteiger partial charge in [-0.2, -0.15) is 0 Å². The predicted molar refractivity (Wildman–Crippen MR) is 43.6 cm³/mol. The first kappa shape index (κ1) is 7.09. The monoisotopic (exact) mass is 166 g/mol. The first-order valence-corrected chi connectivity index (χ1v) is 3.55. The molecule has 0 aliphatic rings. The molecular formula is C8H7FN2O. The summed E-state index contributed by atoms with van der Waals surface area (Å²) < 4.78 is 12.8. The minimum Gasteiger partial charge on any atom is -0.306 e. The van der Waals surface area contributed by atoms with Gasteiger partial charge < -0.3 is 9.97 Å². The lowest BCUT2D eigenvalue weighted by Crippen LogP contribution is -1.99. The number of imidazole rings is 1. The SMILES string of the molecule is Cc1cc(F)cc2[nH]c(=O)[nH]c12. The highest BCUT2D eigenvalue weighted by molar-refractivity contribution is 5.77. The normalized spacial score (nSPS) is 10.8. The van der Waals surface area contributed by atoms with Crippen molar-refractivity contribution >= 4 is 11.0 Å². The van der Waals surface area contributed by atoms with Gasteiger partial charge >= 0.3 is 5.69 Å². The molecule has 1 aromatic heterocycles. The number of aromatic nitrogens is 2. The van der Waals surface area contributed by atoms with Crippen LogP contribution in [-0.2, 0) is 0 Å². The summed E-state index contributed by atoms with van der Waals surface area (Å²) in [5.74, 6) is -0.338. The molecule has 1 heterocycles. The molecule has 0 aliphatic heterocycles. The summed E-state index contributed by atoms with van der Waals surface area (Å²) in [6, 6.07) is 2.67. The Bertz CT molecular complexity index is 483. The summed E-state index contributed by atoms with van der Waals surface area (Å²) in [5, 5.41) is 0. The lowest BCUT2D eigenvalue weighted by atomic mass is 10.2. The van der Waals surface area contributed by atoms with Gasteiger partial charge in [-0.25, -0.2) is 9.18 Å². The van der Waals surface area contributed by atoms with Crippen LogP contribution in [0.1, 0.15) is 5.56 Å². The average molecular weight is 166 g/mol. The highest BCUT2D eigenvalue weighted by atomic mass is 19.1. The molecule has 0 atom stereocenters. The minimum absolute atomic E-state index is 0.307. The quantitative estimate of drug-likeness (QED) is 0.609. The van der Waals surface area contributed by atoms with Gasteiger partial charge in [-0.3, -0.25) is 0 Å². The molecule has 0 bridgehead atoms. The molecule has 3 nitrogen and oxygen atoms in total. The topological polar surface area (TPSA) is 48.6 Å². The second-order valence-electron chi connectivity index (χ2n) is 2.72. The van der Waals surface area contributed by atoms with Gasteiger partial charge in [0.05, 0.1) is 11.0 Å². The average Bonchev–Trinajstić information content (AvgIpc) is 2.29. The van der Waals surface area contributed by atoms with Crippen LogP contribution in [0.5, 0.6) is 0 Å². The molecule has 2 aromatic rings. The van der Waals surface area contributed by atoms with E-state index in [1.54, 1.807) is 6.92 Å². The summed E-state index contributed by atoms with van der Waals surface area (Å²) in [4.78, 5) is 15.9. The fraction of sp³-hybridized carbons (Fsp3) is 0.125. The van der Waals surface area contributed by atoms with Crippen molar-refractivity contribution in [3.8, 4) is 0 Å². The van der Waals surface area contributed by atoms with Gasteiger partial charge in [0.1, 0.15) is 5.82 Å². The maximum atomic E-state index is 12.8. The zero-order valence-corrected chi connectivity index (χ0v) is 6.44. The Morgan fingerprint density at radius 3 is 2.83 bits per heavy atom. The molecule has 2 N–H and O–H groups in total. The number of benzene rings is 1. The summed E-state index contributed by atoms with van der Waals surface area (Å²) in [7, 11) is 0. The number of rotatable bonds is 0. The molecule has 2 rings (SSSR count). The molecule has 0 saturated carbocycles. The smallest absolute Gasteiger partial charge is 0.306 e. The van der Waals surface area contributed by atoms with E-state index in [0.717, 1.165) is 5.56 Å². The highest BCUT2D eigenvalue weighted by Crippen LogP contribution is 2.13. The van der Waals surface area contributed by atoms with Crippen LogP contribution in [0, 0.1) is 12.7 Å². The standard InChI is InChI=1S/C8H7FN2O/c1-4-2-5(9)3-6-7(4)11-8(12)10-6/h2-3H,1H3,(H2,10,11,12). The van der Waals surface area contributed by atoms with E-state index in [4.69, 9.17) is 0 Å². The second-order valence-corrected chi connectivity index (χ2v) is 2.72. The van der Waals surface area contributed by atoms with Crippen molar-refractivity contribution in [1.82, 2.24) is 9.97 Å². The molecule has 0 aliphatic carbocycles. The highest BCUT2D eigenvalue weighted by Gasteiger charge is 2.02. The van der Waals surface area contributed by atoms with Crippen LogP contribution in [0.15, 0.2) is 16.9 Å². The molecule has 0 spiro atoms. The Labute approximate surface area is 67.2 Å². The van der Waals surface area contributed by atoms with Crippen LogP contribution >= 0.6 is 0 Å². The van der Waals surface area contributed by atoms with E-state index < -0.39 is 0 Å². The Kier molecular flexibility index (Phi) is 1.30. The van der Waals surface area contributed by atoms with E-state index >= 15 is 0 Å². The van der Waals surface area contributed by atoms with E-state index in [1.165, 1.54) is 12.1 Å². The number of halogens is 1. The molecule has 4 heteroatoms. The Morgan fingerprint density at radius 2 is 2.08 bits per heavy atom. The van der Waals surface area contributed by atoms with Crippen molar-refractivity contribution < 1.29 is 4.39 Å². The van der Waals surface area contributed by atoms with Crippen LogP contribution in [0.3, 0.4) is 0 Å². The maximum absolute atomic E-state index is 12.8. The molecule has 1 aromatic carbocycles. The minimum atomic E-state index is -0.338. The summed E-state index contributed by atoms with van der Waals surface area (Å²) in [5.41, 5.74) is 1.60. The first-order chi connectivity index (χ1) is 5.66. The van der Waals surface area contributed by atoms with Crippen molar-refractivity contribution in [1.29, 1.82) is 0 Å². The zero-order valence-electron chi connectivity index (χ0n) is 6.44. The van der Waals surface area contributed by atoms with Crippen molar-refractivity contribution in [2.24, 2.45) is 0 Å². The van der Waals surface area contributed by atoms with Crippen molar-refractivity contribution in [3.05, 3.63) is 34.0 Å². The lowest BCUT2D eigenvalue weighted by Gasteiger charge is -1.94. The Morgan fingerprint density at radius 1 is 1.33 bits per heavy atom. The fourth-order valence-electron chi connectivity index (χ4n) is 1.27. The Balaban J connectivity index is 2.97. The van der Waals surface area contributed by atoms with Gasteiger partial charge in [0.2, 0.25) is 0 Å². The van der Waals surface area contributed by atoms with Crippen LogP contribution in [-0.4, -0.2) is 9.97 Å². The zero-order chi connectivity index (χ0) is 8.72. The number of fused-ring (bicyclic) bond motifs is 1. The third kappa shape index (κ3) is 0.922. The molecule has 12 heavy (non-hydrogen) atoms. The molecule has 0 unspecified atom stereocenters. The lowest BCUT2D eigenvalue weighted by molar-refractivity contribution is 0.628. The van der Waals surface area contributed by atoms with Gasteiger partial charge in [0, 0.05) is 0 Å². The molecule has 0 saturated heterocycles. The van der Waals surface area contributed by atoms with Crippen molar-refractivity contribution in [2.75, 3.05) is 0 Å². The van der Waals surface area contributed by atoms with Gasteiger partial charge in [-0.05, 0) is 24.6 Å². The predicted octanol–water partition coefficient (Wildman–Crippen LogP) is 1.30. The van der Waals surface area contributed by atoms with E-state index in [-0.39, 0.29) is 11.5 Å². The molecular weight excluding hydrogens is 159 g/mol.